The zero-order chi connectivity index (χ0) is 12.9. The summed E-state index contributed by atoms with van der Waals surface area (Å²) in [6.07, 6.45) is 3.91. The molecule has 0 heterocycles. The Morgan fingerprint density at radius 2 is 1.65 bits per heavy atom. The summed E-state index contributed by atoms with van der Waals surface area (Å²) in [5.74, 6) is 0. The van der Waals surface area contributed by atoms with Crippen LogP contribution in [0.3, 0.4) is 0 Å². The number of allylic oxidation sites excluding steroid dienone is 1. The second-order valence-electron chi connectivity index (χ2n) is 2.88. The minimum absolute atomic E-state index is 0.583. The molecule has 0 radical (unpaired) electrons. The van der Waals surface area contributed by atoms with Crippen LogP contribution in [0.2, 0.25) is 0 Å². The van der Waals surface area contributed by atoms with E-state index in [1.54, 1.807) is 6.08 Å². The average molecular weight is 236 g/mol. The smallest absolute Gasteiger partial charge is 0.214 e. The molecule has 0 fully saturated rings. The topological polar surface area (TPSA) is 52.6 Å². The van der Waals surface area contributed by atoms with E-state index < -0.39 is 6.29 Å². The maximum atomic E-state index is 9.89. The summed E-state index contributed by atoms with van der Waals surface area (Å²) < 4.78 is 8.92. The van der Waals surface area contributed by atoms with Crippen molar-refractivity contribution in [3.8, 4) is 0 Å². The third kappa shape index (κ3) is 8.07. The van der Waals surface area contributed by atoms with Crippen molar-refractivity contribution in [3.63, 3.8) is 0 Å². The fourth-order valence-corrected chi connectivity index (χ4v) is 0.922. The summed E-state index contributed by atoms with van der Waals surface area (Å²) in [7, 11) is 2.81. The Labute approximate surface area is 101 Å². The molecule has 0 saturated carbocycles. The molecule has 1 rings (SSSR count). The van der Waals surface area contributed by atoms with Gasteiger partial charge in [-0.15, -0.1) is 0 Å². The average Bonchev–Trinajstić information content (AvgIpc) is 2.40. The second kappa shape index (κ2) is 10.7. The molecule has 0 saturated heterocycles. The van der Waals surface area contributed by atoms with Crippen molar-refractivity contribution in [3.05, 3.63) is 42.0 Å². The zero-order valence-corrected chi connectivity index (χ0v) is 9.91. The van der Waals surface area contributed by atoms with E-state index >= 15 is 0 Å². The molecule has 1 aromatic rings. The molecular weight excluding hydrogens is 220 g/mol. The first-order chi connectivity index (χ1) is 8.28. The molecule has 0 amide bonds. The minimum Gasteiger partial charge on any atom is -0.350 e. The van der Waals surface area contributed by atoms with Crippen LogP contribution in [0.5, 0.6) is 0 Å². The Morgan fingerprint density at radius 3 is 2.00 bits per heavy atom. The third-order valence-corrected chi connectivity index (χ3v) is 1.74. The van der Waals surface area contributed by atoms with Crippen LogP contribution in [0.4, 0.5) is 0 Å². The van der Waals surface area contributed by atoms with Crippen LogP contribution >= 0.6 is 0 Å². The Bertz CT molecular complexity index is 329. The molecule has 0 atom stereocenters. The summed E-state index contributed by atoms with van der Waals surface area (Å²) in [5, 5.41) is 0. The number of aldehydes is 2. The highest BCUT2D eigenvalue weighted by Gasteiger charge is 1.97. The summed E-state index contributed by atoms with van der Waals surface area (Å²) in [4.78, 5) is 19.6. The quantitative estimate of drug-likeness (QED) is 0.443. The van der Waals surface area contributed by atoms with Crippen molar-refractivity contribution in [2.24, 2.45) is 0 Å². The van der Waals surface area contributed by atoms with E-state index in [0.717, 1.165) is 11.8 Å². The third-order valence-electron chi connectivity index (χ3n) is 1.74. The highest BCUT2D eigenvalue weighted by Crippen LogP contribution is 1.99. The van der Waals surface area contributed by atoms with Gasteiger partial charge >= 0.3 is 0 Å². The SMILES string of the molecule is COC(C=O)OC.O=C/C=C/c1ccccc1. The molecule has 1 aromatic carbocycles. The van der Waals surface area contributed by atoms with E-state index in [9.17, 15) is 9.59 Å². The molecular formula is C13H16O4. The molecule has 0 N–H and O–H groups in total. The minimum atomic E-state index is -0.694. The molecule has 0 bridgehead atoms. The van der Waals surface area contributed by atoms with E-state index in [1.807, 2.05) is 30.3 Å². The Kier molecular flexibility index (Phi) is 9.61. The first-order valence-electron chi connectivity index (χ1n) is 4.96. The normalized spacial score (nSPS) is 9.82. The summed E-state index contributed by atoms with van der Waals surface area (Å²) in [5.41, 5.74) is 1.05. The van der Waals surface area contributed by atoms with Gasteiger partial charge in [0.25, 0.3) is 0 Å². The summed E-state index contributed by atoms with van der Waals surface area (Å²) in [6.45, 7) is 0. The maximum Gasteiger partial charge on any atom is 0.214 e. The van der Waals surface area contributed by atoms with Gasteiger partial charge in [0.05, 0.1) is 0 Å². The van der Waals surface area contributed by atoms with E-state index in [1.165, 1.54) is 20.3 Å². The lowest BCUT2D eigenvalue weighted by Crippen LogP contribution is -2.13. The van der Waals surface area contributed by atoms with Crippen molar-refractivity contribution in [2.45, 2.75) is 6.29 Å². The molecule has 4 nitrogen and oxygen atoms in total. The molecule has 0 spiro atoms. The Balaban J connectivity index is 0.000000325. The lowest BCUT2D eigenvalue weighted by Gasteiger charge is -2.01. The predicted molar refractivity (Wildman–Crippen MR) is 65.4 cm³/mol. The highest BCUT2D eigenvalue weighted by molar-refractivity contribution is 5.73. The van der Waals surface area contributed by atoms with Crippen molar-refractivity contribution in [1.29, 1.82) is 0 Å². The van der Waals surface area contributed by atoms with Crippen molar-refractivity contribution < 1.29 is 19.1 Å². The number of benzene rings is 1. The van der Waals surface area contributed by atoms with Crippen LogP contribution in [0, 0.1) is 0 Å². The van der Waals surface area contributed by atoms with E-state index in [0.29, 0.717) is 6.29 Å². The fourth-order valence-electron chi connectivity index (χ4n) is 0.922. The van der Waals surface area contributed by atoms with Crippen LogP contribution in [0.25, 0.3) is 6.08 Å². The fraction of sp³-hybridized carbons (Fsp3) is 0.231. The van der Waals surface area contributed by atoms with Gasteiger partial charge in [0.1, 0.15) is 6.29 Å². The van der Waals surface area contributed by atoms with Gasteiger partial charge in [-0.05, 0) is 11.6 Å². The van der Waals surface area contributed by atoms with Gasteiger partial charge in [-0.25, -0.2) is 0 Å². The number of carbonyl (C=O) groups is 2. The number of carbonyl (C=O) groups excluding carboxylic acids is 2. The first kappa shape index (κ1) is 15.2. The molecule has 0 aromatic heterocycles. The van der Waals surface area contributed by atoms with E-state index in [-0.39, 0.29) is 0 Å². The Hall–Kier alpha value is -1.78. The number of ether oxygens (including phenoxy) is 2. The van der Waals surface area contributed by atoms with Crippen LogP contribution in [0.1, 0.15) is 5.56 Å². The second-order valence-corrected chi connectivity index (χ2v) is 2.88. The monoisotopic (exact) mass is 236 g/mol. The molecule has 92 valence electrons. The molecule has 17 heavy (non-hydrogen) atoms. The van der Waals surface area contributed by atoms with Gasteiger partial charge in [0.15, 0.2) is 6.29 Å². The molecule has 0 aliphatic rings. The lowest BCUT2D eigenvalue weighted by atomic mass is 10.2. The molecule has 4 heteroatoms. The van der Waals surface area contributed by atoms with Gasteiger partial charge in [0.2, 0.25) is 6.29 Å². The largest absolute Gasteiger partial charge is 0.350 e. The molecule has 0 aliphatic heterocycles. The van der Waals surface area contributed by atoms with Crippen molar-refractivity contribution in [2.75, 3.05) is 14.2 Å². The van der Waals surface area contributed by atoms with Gasteiger partial charge < -0.3 is 9.47 Å². The Morgan fingerprint density at radius 1 is 1.06 bits per heavy atom. The number of hydrogen-bond donors (Lipinski definition) is 0. The van der Waals surface area contributed by atoms with Crippen molar-refractivity contribution in [1.82, 2.24) is 0 Å². The maximum absolute atomic E-state index is 9.89. The number of rotatable bonds is 5. The highest BCUT2D eigenvalue weighted by atomic mass is 16.7. The van der Waals surface area contributed by atoms with Crippen LogP contribution in [0.15, 0.2) is 36.4 Å². The van der Waals surface area contributed by atoms with Gasteiger partial charge in [-0.3, -0.25) is 9.59 Å². The lowest BCUT2D eigenvalue weighted by molar-refractivity contribution is -0.143. The molecule has 0 unspecified atom stereocenters. The summed E-state index contributed by atoms with van der Waals surface area (Å²) >= 11 is 0. The van der Waals surface area contributed by atoms with Crippen LogP contribution < -0.4 is 0 Å². The first-order valence-corrected chi connectivity index (χ1v) is 4.96. The van der Waals surface area contributed by atoms with Gasteiger partial charge in [0, 0.05) is 14.2 Å². The van der Waals surface area contributed by atoms with Crippen LogP contribution in [-0.2, 0) is 19.1 Å². The summed E-state index contributed by atoms with van der Waals surface area (Å²) in [6, 6.07) is 9.70. The van der Waals surface area contributed by atoms with E-state index in [4.69, 9.17) is 0 Å². The number of hydrogen-bond acceptors (Lipinski definition) is 4. The molecule has 0 aliphatic carbocycles. The number of methoxy groups -OCH3 is 2. The predicted octanol–water partition coefficient (Wildman–Crippen LogP) is 1.70. The standard InChI is InChI=1S/C9H8O.C4H8O3/c10-8-4-7-9-5-2-1-3-6-9;1-6-4(3-5)7-2/h1-8H;3-4H,1-2H3/b7-4+;. The van der Waals surface area contributed by atoms with Crippen molar-refractivity contribution >= 4 is 18.6 Å². The van der Waals surface area contributed by atoms with Crippen LogP contribution in [-0.4, -0.2) is 33.1 Å². The zero-order valence-electron chi connectivity index (χ0n) is 9.91. The van der Waals surface area contributed by atoms with Gasteiger partial charge in [-0.1, -0.05) is 36.4 Å². The van der Waals surface area contributed by atoms with E-state index in [2.05, 4.69) is 9.47 Å². The van der Waals surface area contributed by atoms with Gasteiger partial charge in [-0.2, -0.15) is 0 Å².